The van der Waals surface area contributed by atoms with E-state index in [0.29, 0.717) is 0 Å². The van der Waals surface area contributed by atoms with Crippen LogP contribution in [0.2, 0.25) is 0 Å². The van der Waals surface area contributed by atoms with Gasteiger partial charge in [0.1, 0.15) is 0 Å². The molecular weight excluding hydrogens is 565 g/mol. The van der Waals surface area contributed by atoms with Crippen LogP contribution in [0.1, 0.15) is 11.1 Å². The fraction of sp³-hybridized carbons (Fsp3) is 0.0213. The molecule has 0 amide bonds. The third-order valence-corrected chi connectivity index (χ3v) is 9.75. The molecule has 0 heterocycles. The molecule has 0 nitrogen and oxygen atoms in total. The summed E-state index contributed by atoms with van der Waals surface area (Å²) in [6, 6.07) is 66.7. The van der Waals surface area contributed by atoms with Gasteiger partial charge in [-0.05, 0) is 106 Å². The maximum absolute atomic E-state index is 2.39. The number of rotatable bonds is 5. The van der Waals surface area contributed by atoms with Gasteiger partial charge in [-0.3, -0.25) is 0 Å². The molecule has 0 heteroatoms. The van der Waals surface area contributed by atoms with Gasteiger partial charge in [0.05, 0.1) is 0 Å². The number of hydrogen-bond acceptors (Lipinski definition) is 0. The molecule has 0 aliphatic carbocycles. The zero-order valence-electron chi connectivity index (χ0n) is 26.0. The first-order chi connectivity index (χ1) is 23.3. The van der Waals surface area contributed by atoms with Crippen molar-refractivity contribution in [2.24, 2.45) is 0 Å². The number of benzene rings is 9. The van der Waals surface area contributed by atoms with Crippen molar-refractivity contribution in [2.45, 2.75) is 6.42 Å². The van der Waals surface area contributed by atoms with Crippen LogP contribution in [0.5, 0.6) is 0 Å². The van der Waals surface area contributed by atoms with Gasteiger partial charge in [-0.25, -0.2) is 0 Å². The highest BCUT2D eigenvalue weighted by Crippen LogP contribution is 2.42. The monoisotopic (exact) mass is 596 g/mol. The van der Waals surface area contributed by atoms with Crippen molar-refractivity contribution in [3.8, 4) is 33.4 Å². The van der Waals surface area contributed by atoms with Crippen molar-refractivity contribution in [3.05, 3.63) is 193 Å². The minimum Gasteiger partial charge on any atom is -0.0622 e. The van der Waals surface area contributed by atoms with E-state index < -0.39 is 0 Å². The van der Waals surface area contributed by atoms with Crippen LogP contribution >= 0.6 is 0 Å². The Balaban J connectivity index is 1.23. The summed E-state index contributed by atoms with van der Waals surface area (Å²) in [6.45, 7) is 0. The van der Waals surface area contributed by atoms with Gasteiger partial charge in [0.2, 0.25) is 0 Å². The maximum atomic E-state index is 2.39. The lowest BCUT2D eigenvalue weighted by molar-refractivity contribution is 1.23. The van der Waals surface area contributed by atoms with Crippen molar-refractivity contribution in [3.63, 3.8) is 0 Å². The quantitative estimate of drug-likeness (QED) is 0.137. The Morgan fingerprint density at radius 1 is 0.298 bits per heavy atom. The van der Waals surface area contributed by atoms with E-state index in [2.05, 4.69) is 182 Å². The molecule has 0 spiro atoms. The van der Waals surface area contributed by atoms with Crippen LogP contribution in [0.3, 0.4) is 0 Å². The Morgan fingerprint density at radius 2 is 0.851 bits per heavy atom. The molecule has 0 radical (unpaired) electrons. The lowest BCUT2D eigenvalue weighted by Crippen LogP contribution is -1.97. The van der Waals surface area contributed by atoms with Crippen molar-refractivity contribution < 1.29 is 0 Å². The van der Waals surface area contributed by atoms with E-state index in [1.54, 1.807) is 0 Å². The van der Waals surface area contributed by atoms with Gasteiger partial charge in [-0.1, -0.05) is 170 Å². The normalized spacial score (nSPS) is 11.5. The molecule has 9 aromatic rings. The summed E-state index contributed by atoms with van der Waals surface area (Å²) in [5, 5.41) is 10.3. The molecule has 0 N–H and O–H groups in total. The summed E-state index contributed by atoms with van der Waals surface area (Å²) >= 11 is 0. The Bertz CT molecular complexity index is 2520. The molecule has 0 aromatic heterocycles. The third kappa shape index (κ3) is 4.78. The fourth-order valence-corrected chi connectivity index (χ4v) is 7.51. The lowest BCUT2D eigenvalue weighted by Gasteiger charge is -2.19. The smallest absolute Gasteiger partial charge is 0.000728 e. The molecule has 0 unspecified atom stereocenters. The summed E-state index contributed by atoms with van der Waals surface area (Å²) in [7, 11) is 0. The Labute approximate surface area is 275 Å². The Morgan fingerprint density at radius 3 is 1.57 bits per heavy atom. The summed E-state index contributed by atoms with van der Waals surface area (Å²) < 4.78 is 0. The standard InChI is InChI=1S/C47H32/c1-3-13-32(14-4-1)35-25-23-34-24-26-37-29-38(27-28-40(37)45(34)30-35)47-43-21-11-9-19-41(43)46(42-20-10-12-22-44(42)47)31-36-17-7-8-18-39(36)33-15-5-2-6-16-33/h1-30H,31H2. The molecule has 0 saturated carbocycles. The number of fused-ring (bicyclic) bond motifs is 5. The van der Waals surface area contributed by atoms with E-state index >= 15 is 0 Å². The third-order valence-electron chi connectivity index (χ3n) is 9.75. The van der Waals surface area contributed by atoms with Gasteiger partial charge in [-0.15, -0.1) is 0 Å². The Hall–Kier alpha value is -5.98. The topological polar surface area (TPSA) is 0 Å². The molecule has 9 aromatic carbocycles. The molecule has 0 fully saturated rings. The second kappa shape index (κ2) is 11.4. The van der Waals surface area contributed by atoms with E-state index in [0.717, 1.165) is 6.42 Å². The number of hydrogen-bond donors (Lipinski definition) is 0. The molecular formula is C47H32. The minimum absolute atomic E-state index is 0.861. The highest BCUT2D eigenvalue weighted by Gasteiger charge is 2.17. The second-order valence-corrected chi connectivity index (χ2v) is 12.4. The SMILES string of the molecule is c1ccc(-c2ccc3ccc4cc(-c5c6ccccc6c(Cc6ccccc6-c6ccccc6)c6ccccc56)ccc4c3c2)cc1. The van der Waals surface area contributed by atoms with Crippen molar-refractivity contribution in [1.29, 1.82) is 0 Å². The molecule has 0 aliphatic heterocycles. The van der Waals surface area contributed by atoms with Crippen LogP contribution in [0.4, 0.5) is 0 Å². The predicted molar refractivity (Wildman–Crippen MR) is 202 cm³/mol. The molecule has 220 valence electrons. The Kier molecular flexibility index (Phi) is 6.65. The zero-order chi connectivity index (χ0) is 31.2. The van der Waals surface area contributed by atoms with Crippen LogP contribution in [0.25, 0.3) is 76.5 Å². The van der Waals surface area contributed by atoms with Crippen LogP contribution in [-0.4, -0.2) is 0 Å². The highest BCUT2D eigenvalue weighted by atomic mass is 14.2. The van der Waals surface area contributed by atoms with Gasteiger partial charge in [0.15, 0.2) is 0 Å². The molecule has 0 aliphatic rings. The van der Waals surface area contributed by atoms with Crippen LogP contribution < -0.4 is 0 Å². The summed E-state index contributed by atoms with van der Waals surface area (Å²) in [5.74, 6) is 0. The predicted octanol–water partition coefficient (Wildman–Crippen LogP) is 12.9. The first kappa shape index (κ1) is 27.3. The first-order valence-electron chi connectivity index (χ1n) is 16.4. The maximum Gasteiger partial charge on any atom is -0.000728 e. The van der Waals surface area contributed by atoms with Crippen molar-refractivity contribution in [2.75, 3.05) is 0 Å². The van der Waals surface area contributed by atoms with Gasteiger partial charge in [-0.2, -0.15) is 0 Å². The first-order valence-corrected chi connectivity index (χ1v) is 16.4. The zero-order valence-corrected chi connectivity index (χ0v) is 26.0. The fourth-order valence-electron chi connectivity index (χ4n) is 7.51. The van der Waals surface area contributed by atoms with E-state index in [9.17, 15) is 0 Å². The largest absolute Gasteiger partial charge is 0.0622 e. The average molecular weight is 597 g/mol. The van der Waals surface area contributed by atoms with Gasteiger partial charge in [0.25, 0.3) is 0 Å². The van der Waals surface area contributed by atoms with E-state index in [1.165, 1.54) is 87.6 Å². The van der Waals surface area contributed by atoms with Crippen LogP contribution in [-0.2, 0) is 6.42 Å². The minimum atomic E-state index is 0.861. The van der Waals surface area contributed by atoms with Crippen LogP contribution in [0, 0.1) is 0 Å². The van der Waals surface area contributed by atoms with Crippen molar-refractivity contribution in [1.82, 2.24) is 0 Å². The van der Waals surface area contributed by atoms with E-state index in [4.69, 9.17) is 0 Å². The van der Waals surface area contributed by atoms with E-state index in [-0.39, 0.29) is 0 Å². The van der Waals surface area contributed by atoms with Gasteiger partial charge >= 0.3 is 0 Å². The molecule has 0 bridgehead atoms. The summed E-state index contributed by atoms with van der Waals surface area (Å²) in [5.41, 5.74) is 10.3. The lowest BCUT2D eigenvalue weighted by atomic mass is 9.84. The molecule has 0 saturated heterocycles. The molecule has 0 atom stereocenters. The highest BCUT2D eigenvalue weighted by molar-refractivity contribution is 6.17. The molecule has 47 heavy (non-hydrogen) atoms. The average Bonchev–Trinajstić information content (AvgIpc) is 3.15. The van der Waals surface area contributed by atoms with E-state index in [1.807, 2.05) is 0 Å². The van der Waals surface area contributed by atoms with Crippen LogP contribution in [0.15, 0.2) is 182 Å². The second-order valence-electron chi connectivity index (χ2n) is 12.4. The van der Waals surface area contributed by atoms with Gasteiger partial charge < -0.3 is 0 Å². The summed E-state index contributed by atoms with van der Waals surface area (Å²) in [4.78, 5) is 0. The summed E-state index contributed by atoms with van der Waals surface area (Å²) in [6.07, 6.45) is 0.861. The molecule has 9 rings (SSSR count). The van der Waals surface area contributed by atoms with Crippen molar-refractivity contribution >= 4 is 43.1 Å². The van der Waals surface area contributed by atoms with Gasteiger partial charge in [0, 0.05) is 0 Å².